The summed E-state index contributed by atoms with van der Waals surface area (Å²) in [5.74, 6) is -2.01. The first kappa shape index (κ1) is 15.2. The minimum Gasteiger partial charge on any atom is -0.478 e. The van der Waals surface area contributed by atoms with Gasteiger partial charge in [-0.2, -0.15) is 5.06 Å². The highest BCUT2D eigenvalue weighted by Gasteiger charge is 2.26. The van der Waals surface area contributed by atoms with Gasteiger partial charge in [0.1, 0.15) is 0 Å². The van der Waals surface area contributed by atoms with E-state index in [1.807, 2.05) is 0 Å². The smallest absolute Gasteiger partial charge is 0.335 e. The van der Waals surface area contributed by atoms with E-state index in [-0.39, 0.29) is 23.5 Å². The van der Waals surface area contributed by atoms with Gasteiger partial charge < -0.3 is 5.11 Å². The van der Waals surface area contributed by atoms with Crippen molar-refractivity contribution in [1.82, 2.24) is 5.06 Å². The normalized spacial score (nSPS) is 13.3. The maximum Gasteiger partial charge on any atom is 0.335 e. The van der Waals surface area contributed by atoms with Crippen LogP contribution in [0, 0.1) is 0 Å². The first-order chi connectivity index (χ1) is 9.45. The Morgan fingerprint density at radius 1 is 1.20 bits per heavy atom. The van der Waals surface area contributed by atoms with Crippen LogP contribution in [0.2, 0.25) is 0 Å². The predicted molar refractivity (Wildman–Crippen MR) is 65.1 cm³/mol. The average Bonchev–Trinajstić information content (AvgIpc) is 2.72. The Morgan fingerprint density at radius 2 is 1.70 bits per heavy atom. The number of imide groups is 1. The number of amides is 2. The third-order valence-electron chi connectivity index (χ3n) is 2.30. The van der Waals surface area contributed by atoms with Crippen molar-refractivity contribution in [2.75, 3.05) is 0 Å². The number of hydrogen-bond acceptors (Lipinski definition) is 5. The van der Waals surface area contributed by atoms with Crippen LogP contribution in [0.25, 0.3) is 10.4 Å². The minimum absolute atomic E-state index is 0.148. The molecule has 104 valence electrons. The molecule has 0 radical (unpaired) electrons. The number of azide groups is 1. The molecule has 1 aliphatic rings. The van der Waals surface area contributed by atoms with Crippen molar-refractivity contribution in [2.24, 2.45) is 5.11 Å². The second kappa shape index (κ2) is 6.88. The summed E-state index contributed by atoms with van der Waals surface area (Å²) in [6.07, 6.45) is 0.296. The molecule has 1 aromatic rings. The highest BCUT2D eigenvalue weighted by molar-refractivity contribution is 6.00. The van der Waals surface area contributed by atoms with Crippen molar-refractivity contribution in [2.45, 2.75) is 12.8 Å². The first-order valence-electron chi connectivity index (χ1n) is 5.39. The van der Waals surface area contributed by atoms with E-state index in [2.05, 4.69) is 10.0 Å². The molecule has 1 fully saturated rings. The van der Waals surface area contributed by atoms with Crippen LogP contribution in [0.4, 0.5) is 5.69 Å². The summed E-state index contributed by atoms with van der Waals surface area (Å²) in [6.45, 7) is 0. The van der Waals surface area contributed by atoms with Gasteiger partial charge in [-0.25, -0.2) is 4.79 Å². The van der Waals surface area contributed by atoms with Crippen LogP contribution >= 0.6 is 0 Å². The van der Waals surface area contributed by atoms with E-state index in [4.69, 9.17) is 15.8 Å². The quantitative estimate of drug-likeness (QED) is 0.279. The number of carboxylic acids is 1. The molecule has 2 amide bonds. The molecule has 0 aromatic heterocycles. The molecule has 1 aromatic carbocycles. The average molecular weight is 278 g/mol. The van der Waals surface area contributed by atoms with Crippen molar-refractivity contribution < 1.29 is 24.7 Å². The van der Waals surface area contributed by atoms with Crippen LogP contribution in [0.5, 0.6) is 0 Å². The third kappa shape index (κ3) is 4.09. The molecule has 0 atom stereocenters. The van der Waals surface area contributed by atoms with Gasteiger partial charge in [-0.3, -0.25) is 14.8 Å². The monoisotopic (exact) mass is 278 g/mol. The summed E-state index contributed by atoms with van der Waals surface area (Å²) in [4.78, 5) is 33.4. The van der Waals surface area contributed by atoms with Crippen LogP contribution in [-0.2, 0) is 9.59 Å². The molecular formula is C11H10N4O5. The Balaban J connectivity index is 0.000000217. The number of rotatable bonds is 2. The lowest BCUT2D eigenvalue weighted by atomic mass is 10.2. The summed E-state index contributed by atoms with van der Waals surface area (Å²) >= 11 is 0. The van der Waals surface area contributed by atoms with Crippen molar-refractivity contribution >= 4 is 23.5 Å². The lowest BCUT2D eigenvalue weighted by Crippen LogP contribution is -2.24. The Kier molecular flexibility index (Phi) is 5.21. The SMILES string of the molecule is O=C1CCC(=O)N1O.[N-]=[N+]=Nc1ccc(C(=O)O)cc1. The predicted octanol–water partition coefficient (Wildman–Crippen LogP) is 1.85. The fourth-order valence-corrected chi connectivity index (χ4v) is 1.29. The number of carbonyl (C=O) groups is 3. The molecule has 0 saturated carbocycles. The van der Waals surface area contributed by atoms with Crippen LogP contribution in [0.15, 0.2) is 29.4 Å². The van der Waals surface area contributed by atoms with Crippen molar-refractivity contribution in [3.8, 4) is 0 Å². The van der Waals surface area contributed by atoms with E-state index in [0.29, 0.717) is 5.69 Å². The van der Waals surface area contributed by atoms with Crippen LogP contribution in [0.1, 0.15) is 23.2 Å². The van der Waals surface area contributed by atoms with E-state index in [9.17, 15) is 14.4 Å². The number of hydrogen-bond donors (Lipinski definition) is 2. The van der Waals surface area contributed by atoms with Crippen LogP contribution in [0.3, 0.4) is 0 Å². The van der Waals surface area contributed by atoms with E-state index in [1.54, 1.807) is 0 Å². The summed E-state index contributed by atoms with van der Waals surface area (Å²) in [6, 6.07) is 5.66. The van der Waals surface area contributed by atoms with Gasteiger partial charge in [-0.05, 0) is 17.7 Å². The van der Waals surface area contributed by atoms with Gasteiger partial charge in [-0.15, -0.1) is 0 Å². The van der Waals surface area contributed by atoms with Crippen molar-refractivity contribution in [3.63, 3.8) is 0 Å². The number of aromatic carboxylic acids is 1. The largest absolute Gasteiger partial charge is 0.478 e. The number of nitrogens with zero attached hydrogens (tertiary/aromatic N) is 4. The van der Waals surface area contributed by atoms with E-state index < -0.39 is 17.8 Å². The summed E-state index contributed by atoms with van der Waals surface area (Å²) in [5, 5.41) is 20.4. The van der Waals surface area contributed by atoms with E-state index >= 15 is 0 Å². The summed E-state index contributed by atoms with van der Waals surface area (Å²) < 4.78 is 0. The Bertz CT molecular complexity index is 540. The van der Waals surface area contributed by atoms with Gasteiger partial charge in [-0.1, -0.05) is 17.2 Å². The fourth-order valence-electron chi connectivity index (χ4n) is 1.29. The van der Waals surface area contributed by atoms with Crippen LogP contribution in [-0.4, -0.2) is 33.2 Å². The Labute approximate surface area is 112 Å². The topological polar surface area (TPSA) is 144 Å². The first-order valence-corrected chi connectivity index (χ1v) is 5.39. The Hall–Kier alpha value is -2.90. The van der Waals surface area contributed by atoms with Gasteiger partial charge in [0.15, 0.2) is 0 Å². The lowest BCUT2D eigenvalue weighted by molar-refractivity contribution is -0.171. The maximum absolute atomic E-state index is 10.4. The highest BCUT2D eigenvalue weighted by Crippen LogP contribution is 2.12. The van der Waals surface area contributed by atoms with Gasteiger partial charge in [0.25, 0.3) is 11.8 Å². The van der Waals surface area contributed by atoms with Crippen molar-refractivity contribution in [1.29, 1.82) is 0 Å². The molecule has 1 heterocycles. The minimum atomic E-state index is -0.998. The molecule has 1 aliphatic heterocycles. The summed E-state index contributed by atoms with van der Waals surface area (Å²) in [7, 11) is 0. The zero-order valence-electron chi connectivity index (χ0n) is 10.1. The van der Waals surface area contributed by atoms with Gasteiger partial charge in [0, 0.05) is 23.4 Å². The summed E-state index contributed by atoms with van der Waals surface area (Å²) in [5.41, 5.74) is 8.62. The molecule has 9 nitrogen and oxygen atoms in total. The molecule has 0 spiro atoms. The fraction of sp³-hybridized carbons (Fsp3) is 0.182. The van der Waals surface area contributed by atoms with Gasteiger partial charge in [0.2, 0.25) is 0 Å². The number of carboxylic acid groups (broad SMARTS) is 1. The van der Waals surface area contributed by atoms with E-state index in [1.165, 1.54) is 24.3 Å². The Morgan fingerprint density at radius 3 is 2.00 bits per heavy atom. The van der Waals surface area contributed by atoms with Gasteiger partial charge in [0.05, 0.1) is 5.56 Å². The second-order valence-electron chi connectivity index (χ2n) is 3.64. The molecule has 0 aliphatic carbocycles. The second-order valence-corrected chi connectivity index (χ2v) is 3.64. The molecule has 9 heteroatoms. The van der Waals surface area contributed by atoms with E-state index in [0.717, 1.165) is 0 Å². The molecule has 0 unspecified atom stereocenters. The van der Waals surface area contributed by atoms with Gasteiger partial charge >= 0.3 is 5.97 Å². The number of benzene rings is 1. The standard InChI is InChI=1S/C7H5N3O2.C4H5NO3/c8-10-9-6-3-1-5(2-4-6)7(11)12;6-3-1-2-4(7)5(3)8/h1-4H,(H,11,12);8H,1-2H2. The molecule has 2 N–H and O–H groups in total. The lowest BCUT2D eigenvalue weighted by Gasteiger charge is -1.98. The molecule has 0 bridgehead atoms. The molecule has 2 rings (SSSR count). The molecule has 1 saturated heterocycles. The number of hydroxylamine groups is 2. The maximum atomic E-state index is 10.4. The molecule has 20 heavy (non-hydrogen) atoms. The molecular weight excluding hydrogens is 268 g/mol. The zero-order chi connectivity index (χ0) is 15.1. The highest BCUT2D eigenvalue weighted by atomic mass is 16.5. The van der Waals surface area contributed by atoms with Crippen molar-refractivity contribution in [3.05, 3.63) is 40.3 Å². The zero-order valence-corrected chi connectivity index (χ0v) is 10.1. The third-order valence-corrected chi connectivity index (χ3v) is 2.30. The van der Waals surface area contributed by atoms with Crippen LogP contribution < -0.4 is 0 Å². The number of carbonyl (C=O) groups excluding carboxylic acids is 2.